The predicted molar refractivity (Wildman–Crippen MR) is 52.4 cm³/mol. The second kappa shape index (κ2) is 3.65. The Morgan fingerprint density at radius 1 is 1.25 bits per heavy atom. The van der Waals surface area contributed by atoms with Crippen molar-refractivity contribution >= 4 is 5.78 Å². The summed E-state index contributed by atoms with van der Waals surface area (Å²) in [6.45, 7) is 0. The van der Waals surface area contributed by atoms with Crippen LogP contribution in [0.2, 0.25) is 0 Å². The van der Waals surface area contributed by atoms with Gasteiger partial charge in [0, 0.05) is 18.8 Å². The molecule has 16 heavy (non-hydrogen) atoms. The van der Waals surface area contributed by atoms with Crippen molar-refractivity contribution in [3.63, 3.8) is 0 Å². The predicted octanol–water partition coefficient (Wildman–Crippen LogP) is -0.577. The van der Waals surface area contributed by atoms with Gasteiger partial charge in [-0.2, -0.15) is 15.3 Å². The van der Waals surface area contributed by atoms with Crippen molar-refractivity contribution in [3.8, 4) is 0 Å². The fourth-order valence-electron chi connectivity index (χ4n) is 1.43. The van der Waals surface area contributed by atoms with E-state index in [-0.39, 0.29) is 0 Å². The number of fused-ring (bicyclic) bond motifs is 1. The van der Waals surface area contributed by atoms with E-state index >= 15 is 0 Å². The second-order valence-electron chi connectivity index (χ2n) is 3.29. The van der Waals surface area contributed by atoms with Crippen molar-refractivity contribution in [2.75, 3.05) is 0 Å². The van der Waals surface area contributed by atoms with Gasteiger partial charge < -0.3 is 0 Å². The molecule has 8 heteroatoms. The molecule has 3 aromatic heterocycles. The average Bonchev–Trinajstić information content (AvgIpc) is 2.97. The first kappa shape index (κ1) is 8.89. The SMILES string of the molecule is c1nc2ncc(CCc3nn[nH]n3)cn2n1. The van der Waals surface area contributed by atoms with E-state index in [0.717, 1.165) is 18.4 Å². The molecule has 0 fully saturated rings. The first-order valence-electron chi connectivity index (χ1n) is 4.78. The Hall–Kier alpha value is -2.38. The van der Waals surface area contributed by atoms with Crippen LogP contribution < -0.4 is 0 Å². The highest BCUT2D eigenvalue weighted by Crippen LogP contribution is 2.02. The lowest BCUT2D eigenvalue weighted by molar-refractivity contribution is 0.836. The maximum Gasteiger partial charge on any atom is 0.252 e. The van der Waals surface area contributed by atoms with E-state index in [0.29, 0.717) is 11.6 Å². The molecular weight excluding hydrogens is 208 g/mol. The van der Waals surface area contributed by atoms with Crippen LogP contribution in [-0.4, -0.2) is 40.2 Å². The molecule has 1 N–H and O–H groups in total. The fraction of sp³-hybridized carbons (Fsp3) is 0.250. The standard InChI is InChI=1S/C8H8N8/c1(2-7-12-14-15-13-7)6-3-9-8-10-5-11-16(8)4-6/h3-5H,1-2H2,(H,12,13,14,15). The minimum absolute atomic E-state index is 0.600. The van der Waals surface area contributed by atoms with Gasteiger partial charge in [-0.3, -0.25) is 0 Å². The summed E-state index contributed by atoms with van der Waals surface area (Å²) in [4.78, 5) is 8.14. The van der Waals surface area contributed by atoms with Crippen LogP contribution in [-0.2, 0) is 12.8 Å². The highest BCUT2D eigenvalue weighted by Gasteiger charge is 2.02. The summed E-state index contributed by atoms with van der Waals surface area (Å²) in [5, 5.41) is 17.7. The summed E-state index contributed by atoms with van der Waals surface area (Å²) in [7, 11) is 0. The van der Waals surface area contributed by atoms with Crippen LogP contribution in [0.15, 0.2) is 18.7 Å². The number of nitrogens with one attached hydrogen (secondary N) is 1. The Kier molecular flexibility index (Phi) is 2.03. The van der Waals surface area contributed by atoms with Gasteiger partial charge in [0.15, 0.2) is 5.82 Å². The molecule has 0 saturated heterocycles. The minimum Gasteiger partial charge on any atom is -0.219 e. The van der Waals surface area contributed by atoms with Gasteiger partial charge in [0.25, 0.3) is 5.78 Å². The summed E-state index contributed by atoms with van der Waals surface area (Å²) in [6, 6.07) is 0. The first-order chi connectivity index (χ1) is 7.92. The number of aryl methyl sites for hydroxylation is 2. The molecule has 0 unspecified atom stereocenters. The molecule has 0 radical (unpaired) electrons. The Balaban J connectivity index is 1.78. The van der Waals surface area contributed by atoms with E-state index in [1.54, 1.807) is 10.7 Å². The molecule has 0 aliphatic rings. The maximum atomic E-state index is 4.17. The normalized spacial score (nSPS) is 11.0. The van der Waals surface area contributed by atoms with E-state index in [1.165, 1.54) is 6.33 Å². The molecule has 80 valence electrons. The molecule has 0 aromatic carbocycles. The van der Waals surface area contributed by atoms with E-state index in [4.69, 9.17) is 0 Å². The summed E-state index contributed by atoms with van der Waals surface area (Å²) in [6.07, 6.45) is 6.67. The van der Waals surface area contributed by atoms with Crippen molar-refractivity contribution in [3.05, 3.63) is 30.1 Å². The van der Waals surface area contributed by atoms with E-state index in [9.17, 15) is 0 Å². The highest BCUT2D eigenvalue weighted by atomic mass is 15.5. The number of aromatic amines is 1. The third-order valence-corrected chi connectivity index (χ3v) is 2.21. The molecule has 0 atom stereocenters. The molecule has 0 aliphatic carbocycles. The van der Waals surface area contributed by atoms with Gasteiger partial charge in [-0.15, -0.1) is 10.2 Å². The van der Waals surface area contributed by atoms with Gasteiger partial charge in [0.2, 0.25) is 0 Å². The third-order valence-electron chi connectivity index (χ3n) is 2.21. The number of nitrogens with zero attached hydrogens (tertiary/aromatic N) is 7. The van der Waals surface area contributed by atoms with Gasteiger partial charge in [0.1, 0.15) is 6.33 Å². The number of hydrogen-bond acceptors (Lipinski definition) is 6. The summed E-state index contributed by atoms with van der Waals surface area (Å²) in [5.41, 5.74) is 1.06. The minimum atomic E-state index is 0.600. The van der Waals surface area contributed by atoms with Crippen LogP contribution in [0.4, 0.5) is 0 Å². The van der Waals surface area contributed by atoms with E-state index in [2.05, 4.69) is 35.7 Å². The molecule has 3 aromatic rings. The second-order valence-corrected chi connectivity index (χ2v) is 3.29. The topological polar surface area (TPSA) is 97.5 Å². The van der Waals surface area contributed by atoms with Crippen LogP contribution in [0.3, 0.4) is 0 Å². The van der Waals surface area contributed by atoms with Gasteiger partial charge in [-0.05, 0) is 12.0 Å². The van der Waals surface area contributed by atoms with Crippen molar-refractivity contribution in [2.24, 2.45) is 0 Å². The summed E-state index contributed by atoms with van der Waals surface area (Å²) in [5.74, 6) is 1.29. The lowest BCUT2D eigenvalue weighted by Crippen LogP contribution is -1.98. The Morgan fingerprint density at radius 3 is 3.12 bits per heavy atom. The molecule has 0 amide bonds. The molecular formula is C8H8N8. The lowest BCUT2D eigenvalue weighted by atomic mass is 10.2. The Morgan fingerprint density at radius 2 is 2.25 bits per heavy atom. The first-order valence-corrected chi connectivity index (χ1v) is 4.78. The quantitative estimate of drug-likeness (QED) is 0.629. The van der Waals surface area contributed by atoms with Crippen LogP contribution >= 0.6 is 0 Å². The van der Waals surface area contributed by atoms with Gasteiger partial charge in [0.05, 0.1) is 0 Å². The highest BCUT2D eigenvalue weighted by molar-refractivity contribution is 5.25. The van der Waals surface area contributed by atoms with Crippen LogP contribution in [0.1, 0.15) is 11.4 Å². The van der Waals surface area contributed by atoms with E-state index < -0.39 is 0 Å². The zero-order valence-corrected chi connectivity index (χ0v) is 8.28. The Bertz CT molecular complexity index is 583. The monoisotopic (exact) mass is 216 g/mol. The number of rotatable bonds is 3. The van der Waals surface area contributed by atoms with Crippen LogP contribution in [0.25, 0.3) is 5.78 Å². The van der Waals surface area contributed by atoms with Crippen molar-refractivity contribution in [1.29, 1.82) is 0 Å². The molecule has 0 saturated carbocycles. The van der Waals surface area contributed by atoms with Gasteiger partial charge in [-0.25, -0.2) is 9.50 Å². The van der Waals surface area contributed by atoms with Crippen molar-refractivity contribution in [2.45, 2.75) is 12.8 Å². The molecule has 8 nitrogen and oxygen atoms in total. The maximum absolute atomic E-state index is 4.17. The largest absolute Gasteiger partial charge is 0.252 e. The summed E-state index contributed by atoms with van der Waals surface area (Å²) >= 11 is 0. The third kappa shape index (κ3) is 1.60. The molecule has 3 rings (SSSR count). The number of aromatic nitrogens is 8. The smallest absolute Gasteiger partial charge is 0.219 e. The van der Waals surface area contributed by atoms with Gasteiger partial charge in [-0.1, -0.05) is 5.21 Å². The van der Waals surface area contributed by atoms with E-state index in [1.807, 2.05) is 6.20 Å². The molecule has 0 spiro atoms. The van der Waals surface area contributed by atoms with Crippen LogP contribution in [0, 0.1) is 0 Å². The average molecular weight is 216 g/mol. The van der Waals surface area contributed by atoms with Crippen molar-refractivity contribution in [1.82, 2.24) is 40.2 Å². The Labute approximate surface area is 89.7 Å². The number of tetrazole rings is 1. The van der Waals surface area contributed by atoms with Crippen LogP contribution in [0.5, 0.6) is 0 Å². The number of H-pyrrole nitrogens is 1. The molecule has 3 heterocycles. The molecule has 0 aliphatic heterocycles. The van der Waals surface area contributed by atoms with Gasteiger partial charge >= 0.3 is 0 Å². The summed E-state index contributed by atoms with van der Waals surface area (Å²) < 4.78 is 1.64. The lowest BCUT2D eigenvalue weighted by Gasteiger charge is -1.98. The zero-order valence-electron chi connectivity index (χ0n) is 8.28. The fourth-order valence-corrected chi connectivity index (χ4v) is 1.43. The van der Waals surface area contributed by atoms with Crippen molar-refractivity contribution < 1.29 is 0 Å². The zero-order chi connectivity index (χ0) is 10.8. The number of hydrogen-bond donors (Lipinski definition) is 1. The molecule has 0 bridgehead atoms.